The van der Waals surface area contributed by atoms with E-state index in [2.05, 4.69) is 27.9 Å². The summed E-state index contributed by atoms with van der Waals surface area (Å²) >= 11 is 0. The molecule has 1 fully saturated rings. The molecule has 6 nitrogen and oxygen atoms in total. The van der Waals surface area contributed by atoms with E-state index in [1.807, 2.05) is 13.0 Å². The lowest BCUT2D eigenvalue weighted by Gasteiger charge is -2.11. The van der Waals surface area contributed by atoms with Crippen LogP contribution in [0.2, 0.25) is 0 Å². The fraction of sp³-hybridized carbons (Fsp3) is 0.529. The molecule has 0 saturated heterocycles. The van der Waals surface area contributed by atoms with E-state index in [9.17, 15) is 4.79 Å². The summed E-state index contributed by atoms with van der Waals surface area (Å²) in [5.41, 5.74) is 0.588. The van der Waals surface area contributed by atoms with Crippen LogP contribution in [-0.4, -0.2) is 44.7 Å². The van der Waals surface area contributed by atoms with Gasteiger partial charge in [0.05, 0.1) is 13.7 Å². The topological polar surface area (TPSA) is 74.8 Å². The maximum absolute atomic E-state index is 12.1. The maximum atomic E-state index is 12.1. The second-order valence-electron chi connectivity index (χ2n) is 5.71. The summed E-state index contributed by atoms with van der Waals surface area (Å²) in [6, 6.07) is 7.63. The first kappa shape index (κ1) is 20.5. The van der Waals surface area contributed by atoms with Crippen molar-refractivity contribution in [2.75, 3.05) is 26.7 Å². The number of rotatable bonds is 7. The first-order chi connectivity index (χ1) is 11.1. The summed E-state index contributed by atoms with van der Waals surface area (Å²) < 4.78 is 5.12. The Labute approximate surface area is 160 Å². The Balaban J connectivity index is 0.00000288. The number of guanidine groups is 1. The highest BCUT2D eigenvalue weighted by atomic mass is 127. The fourth-order valence-corrected chi connectivity index (χ4v) is 2.22. The summed E-state index contributed by atoms with van der Waals surface area (Å²) in [6.07, 6.45) is 1.19. The van der Waals surface area contributed by atoms with Crippen molar-refractivity contribution in [3.63, 3.8) is 0 Å². The molecule has 0 bridgehead atoms. The minimum Gasteiger partial charge on any atom is -0.497 e. The van der Waals surface area contributed by atoms with Crippen LogP contribution in [0.25, 0.3) is 0 Å². The maximum Gasteiger partial charge on any atom is 0.251 e. The molecule has 1 saturated carbocycles. The molecule has 3 N–H and O–H groups in total. The number of halogens is 1. The Morgan fingerprint density at radius 1 is 1.38 bits per heavy atom. The van der Waals surface area contributed by atoms with Gasteiger partial charge in [-0.15, -0.1) is 24.0 Å². The summed E-state index contributed by atoms with van der Waals surface area (Å²) in [7, 11) is 1.59. The number of aliphatic imine (C=N–C) groups is 1. The van der Waals surface area contributed by atoms with Crippen molar-refractivity contribution in [3.8, 4) is 5.75 Å². The summed E-state index contributed by atoms with van der Waals surface area (Å²) in [4.78, 5) is 16.6. The van der Waals surface area contributed by atoms with Crippen molar-refractivity contribution in [1.82, 2.24) is 16.0 Å². The fourth-order valence-electron chi connectivity index (χ4n) is 2.22. The largest absolute Gasteiger partial charge is 0.497 e. The molecule has 2 atom stereocenters. The van der Waals surface area contributed by atoms with Gasteiger partial charge in [-0.1, -0.05) is 13.0 Å². The molecule has 1 aliphatic carbocycles. The minimum atomic E-state index is -0.118. The Morgan fingerprint density at radius 2 is 2.12 bits per heavy atom. The highest BCUT2D eigenvalue weighted by Crippen LogP contribution is 2.28. The number of benzene rings is 1. The van der Waals surface area contributed by atoms with Crippen LogP contribution >= 0.6 is 24.0 Å². The summed E-state index contributed by atoms with van der Waals surface area (Å²) in [6.45, 7) is 6.11. The molecule has 1 aliphatic rings. The third-order valence-electron chi connectivity index (χ3n) is 3.78. The van der Waals surface area contributed by atoms with Crippen LogP contribution in [0, 0.1) is 5.92 Å². The van der Waals surface area contributed by atoms with Gasteiger partial charge in [0.1, 0.15) is 5.75 Å². The zero-order chi connectivity index (χ0) is 16.7. The van der Waals surface area contributed by atoms with E-state index in [0.29, 0.717) is 36.4 Å². The van der Waals surface area contributed by atoms with E-state index in [4.69, 9.17) is 4.74 Å². The van der Waals surface area contributed by atoms with Crippen LogP contribution in [0.15, 0.2) is 29.3 Å². The summed E-state index contributed by atoms with van der Waals surface area (Å²) in [5, 5.41) is 9.47. The average molecular weight is 446 g/mol. The third-order valence-corrected chi connectivity index (χ3v) is 3.78. The lowest BCUT2D eigenvalue weighted by molar-refractivity contribution is 0.0954. The number of nitrogens with zero attached hydrogens (tertiary/aromatic N) is 1. The van der Waals surface area contributed by atoms with Gasteiger partial charge in [0, 0.05) is 24.7 Å². The standard InChI is InChI=1S/C17H26N4O2.HI/c1-4-18-17(21-15-10-12(15)2)20-9-8-19-16(22)13-6-5-7-14(11-13)23-3;/h5-7,11-12,15H,4,8-10H2,1-3H3,(H,19,22)(H2,18,20,21);1H. The second kappa shape index (κ2) is 10.4. The monoisotopic (exact) mass is 446 g/mol. The van der Waals surface area contributed by atoms with Crippen LogP contribution < -0.4 is 20.7 Å². The zero-order valence-corrected chi connectivity index (χ0v) is 16.8. The van der Waals surface area contributed by atoms with Gasteiger partial charge in [-0.05, 0) is 37.5 Å². The Hall–Kier alpha value is -1.51. The number of ether oxygens (including phenoxy) is 1. The molecule has 7 heteroatoms. The molecule has 1 amide bonds. The molecule has 1 aromatic carbocycles. The van der Waals surface area contributed by atoms with Gasteiger partial charge in [0.2, 0.25) is 0 Å². The van der Waals surface area contributed by atoms with E-state index in [-0.39, 0.29) is 29.9 Å². The second-order valence-corrected chi connectivity index (χ2v) is 5.71. The molecule has 0 aliphatic heterocycles. The lowest BCUT2D eigenvalue weighted by Crippen LogP contribution is -2.39. The van der Waals surface area contributed by atoms with E-state index in [0.717, 1.165) is 12.5 Å². The van der Waals surface area contributed by atoms with Crippen molar-refractivity contribution in [1.29, 1.82) is 0 Å². The number of amides is 1. The molecule has 0 heterocycles. The van der Waals surface area contributed by atoms with Crippen molar-refractivity contribution >= 4 is 35.8 Å². The lowest BCUT2D eigenvalue weighted by atomic mass is 10.2. The van der Waals surface area contributed by atoms with E-state index in [1.165, 1.54) is 6.42 Å². The molecule has 0 spiro atoms. The molecule has 1 aromatic rings. The van der Waals surface area contributed by atoms with Gasteiger partial charge in [0.15, 0.2) is 5.96 Å². The normalized spacial score (nSPS) is 19.0. The van der Waals surface area contributed by atoms with Gasteiger partial charge in [0.25, 0.3) is 5.91 Å². The number of carbonyl (C=O) groups excluding carboxylic acids is 1. The van der Waals surface area contributed by atoms with Gasteiger partial charge >= 0.3 is 0 Å². The molecule has 0 aromatic heterocycles. The molecule has 24 heavy (non-hydrogen) atoms. The molecular formula is C17H27IN4O2. The average Bonchev–Trinajstić information content (AvgIpc) is 3.26. The molecular weight excluding hydrogens is 419 g/mol. The number of hydrogen-bond acceptors (Lipinski definition) is 3. The number of nitrogens with one attached hydrogen (secondary N) is 3. The Bertz CT molecular complexity index is 565. The van der Waals surface area contributed by atoms with Gasteiger partial charge in [-0.3, -0.25) is 9.79 Å². The summed E-state index contributed by atoms with van der Waals surface area (Å²) in [5.74, 6) is 2.09. The van der Waals surface area contributed by atoms with Gasteiger partial charge in [-0.25, -0.2) is 0 Å². The van der Waals surface area contributed by atoms with E-state index >= 15 is 0 Å². The predicted molar refractivity (Wildman–Crippen MR) is 107 cm³/mol. The van der Waals surface area contributed by atoms with Crippen molar-refractivity contribution in [3.05, 3.63) is 29.8 Å². The zero-order valence-electron chi connectivity index (χ0n) is 14.5. The number of hydrogen-bond donors (Lipinski definition) is 3. The van der Waals surface area contributed by atoms with Crippen LogP contribution in [0.3, 0.4) is 0 Å². The third kappa shape index (κ3) is 6.54. The van der Waals surface area contributed by atoms with Gasteiger partial charge < -0.3 is 20.7 Å². The predicted octanol–water partition coefficient (Wildman–Crippen LogP) is 2.01. The van der Waals surface area contributed by atoms with Crippen LogP contribution in [0.5, 0.6) is 5.75 Å². The van der Waals surface area contributed by atoms with E-state index < -0.39 is 0 Å². The van der Waals surface area contributed by atoms with Crippen LogP contribution in [-0.2, 0) is 0 Å². The van der Waals surface area contributed by atoms with E-state index in [1.54, 1.807) is 25.3 Å². The number of carbonyl (C=O) groups is 1. The number of methoxy groups -OCH3 is 1. The highest BCUT2D eigenvalue weighted by molar-refractivity contribution is 14.0. The van der Waals surface area contributed by atoms with Gasteiger partial charge in [-0.2, -0.15) is 0 Å². The van der Waals surface area contributed by atoms with Crippen LogP contribution in [0.1, 0.15) is 30.6 Å². The SMILES string of the molecule is CCNC(=NCCNC(=O)c1cccc(OC)c1)NC1CC1C.I. The first-order valence-electron chi connectivity index (χ1n) is 8.11. The Morgan fingerprint density at radius 3 is 2.75 bits per heavy atom. The quantitative estimate of drug-likeness (QED) is 0.259. The van der Waals surface area contributed by atoms with Crippen molar-refractivity contribution in [2.24, 2.45) is 10.9 Å². The Kier molecular flexibility index (Phi) is 8.88. The molecule has 134 valence electrons. The van der Waals surface area contributed by atoms with Crippen LogP contribution in [0.4, 0.5) is 0 Å². The minimum absolute atomic E-state index is 0. The highest BCUT2D eigenvalue weighted by Gasteiger charge is 2.33. The van der Waals surface area contributed by atoms with Crippen molar-refractivity contribution in [2.45, 2.75) is 26.3 Å². The first-order valence-corrected chi connectivity index (χ1v) is 8.11. The molecule has 2 rings (SSSR count). The molecule has 0 radical (unpaired) electrons. The smallest absolute Gasteiger partial charge is 0.251 e. The van der Waals surface area contributed by atoms with Crippen molar-refractivity contribution < 1.29 is 9.53 Å². The molecule has 2 unspecified atom stereocenters.